The average Bonchev–Trinajstić information content (AvgIpc) is 2.46. The molecule has 0 spiro atoms. The molecular weight excluding hydrogens is 242 g/mol. The van der Waals surface area contributed by atoms with Crippen LogP contribution >= 0.6 is 0 Å². The second-order valence-electron chi connectivity index (χ2n) is 5.02. The molecule has 1 aliphatic heterocycles. The number of nitrogens with two attached hydrogens (primary N) is 1. The number of nitrogens with one attached hydrogen (secondary N) is 1. The molecule has 1 saturated heterocycles. The highest BCUT2D eigenvalue weighted by molar-refractivity contribution is 5.99. The zero-order valence-electron chi connectivity index (χ0n) is 11.2. The SMILES string of the molecule is Cc1ccc(C(=O)N2CCCCC2CO)c(NN)c1. The number of nitrogen functional groups attached to an aromatic ring is 1. The quantitative estimate of drug-likeness (QED) is 0.567. The van der Waals surface area contributed by atoms with Crippen molar-refractivity contribution in [2.24, 2.45) is 5.84 Å². The van der Waals surface area contributed by atoms with Gasteiger partial charge >= 0.3 is 0 Å². The van der Waals surface area contributed by atoms with Crippen LogP contribution < -0.4 is 11.3 Å². The number of amides is 1. The molecule has 0 aromatic heterocycles. The molecule has 1 unspecified atom stereocenters. The first-order valence-corrected chi connectivity index (χ1v) is 6.66. The molecule has 104 valence electrons. The summed E-state index contributed by atoms with van der Waals surface area (Å²) in [5.74, 6) is 5.42. The van der Waals surface area contributed by atoms with E-state index in [1.165, 1.54) is 0 Å². The van der Waals surface area contributed by atoms with Gasteiger partial charge in [0.25, 0.3) is 5.91 Å². The van der Waals surface area contributed by atoms with Gasteiger partial charge in [0.1, 0.15) is 0 Å². The molecular formula is C14H21N3O2. The first-order chi connectivity index (χ1) is 9.17. The van der Waals surface area contributed by atoms with E-state index in [0.29, 0.717) is 17.8 Å². The molecule has 2 rings (SSSR count). The number of nitrogens with zero attached hydrogens (tertiary/aromatic N) is 1. The van der Waals surface area contributed by atoms with Gasteiger partial charge in [0.2, 0.25) is 0 Å². The van der Waals surface area contributed by atoms with Crippen LogP contribution in [0, 0.1) is 6.92 Å². The summed E-state index contributed by atoms with van der Waals surface area (Å²) in [4.78, 5) is 14.3. The molecule has 5 nitrogen and oxygen atoms in total. The van der Waals surface area contributed by atoms with Gasteiger partial charge in [-0.1, -0.05) is 6.07 Å². The molecule has 1 aliphatic rings. The van der Waals surface area contributed by atoms with Gasteiger partial charge < -0.3 is 15.4 Å². The molecule has 0 radical (unpaired) electrons. The molecule has 0 saturated carbocycles. The van der Waals surface area contributed by atoms with Crippen LogP contribution in [0.5, 0.6) is 0 Å². The zero-order valence-corrected chi connectivity index (χ0v) is 11.2. The lowest BCUT2D eigenvalue weighted by molar-refractivity contribution is 0.0504. The molecule has 0 aliphatic carbocycles. The maximum Gasteiger partial charge on any atom is 0.256 e. The third-order valence-corrected chi connectivity index (χ3v) is 3.66. The van der Waals surface area contributed by atoms with Gasteiger partial charge in [0.15, 0.2) is 0 Å². The Bertz CT molecular complexity index is 462. The fourth-order valence-corrected chi connectivity index (χ4v) is 2.58. The van der Waals surface area contributed by atoms with Gasteiger partial charge in [-0.25, -0.2) is 0 Å². The number of anilines is 1. The van der Waals surface area contributed by atoms with Crippen LogP contribution in [-0.4, -0.2) is 35.1 Å². The van der Waals surface area contributed by atoms with Crippen molar-refractivity contribution in [2.45, 2.75) is 32.2 Å². The minimum atomic E-state index is -0.0758. The highest BCUT2D eigenvalue weighted by Gasteiger charge is 2.28. The smallest absolute Gasteiger partial charge is 0.256 e. The standard InChI is InChI=1S/C14H21N3O2/c1-10-5-6-12(13(8-10)16-15)14(19)17-7-3-2-4-11(17)9-18/h5-6,8,11,16,18H,2-4,7,9,15H2,1H3. The van der Waals surface area contributed by atoms with Crippen LogP contribution in [0.15, 0.2) is 18.2 Å². The minimum absolute atomic E-state index is 0.0169. The molecule has 5 heteroatoms. The Morgan fingerprint density at radius 3 is 3.00 bits per heavy atom. The van der Waals surface area contributed by atoms with Gasteiger partial charge in [-0.05, 0) is 43.9 Å². The Labute approximate surface area is 113 Å². The highest BCUT2D eigenvalue weighted by atomic mass is 16.3. The Balaban J connectivity index is 2.27. The second kappa shape index (κ2) is 6.04. The predicted octanol–water partition coefficient (Wildman–Crippen LogP) is 1.27. The van der Waals surface area contributed by atoms with E-state index >= 15 is 0 Å². The van der Waals surface area contributed by atoms with Crippen molar-refractivity contribution in [1.29, 1.82) is 0 Å². The number of hydrogen-bond donors (Lipinski definition) is 3. The minimum Gasteiger partial charge on any atom is -0.394 e. The number of aliphatic hydroxyl groups excluding tert-OH is 1. The second-order valence-corrected chi connectivity index (χ2v) is 5.02. The number of hydrogen-bond acceptors (Lipinski definition) is 4. The van der Waals surface area contributed by atoms with Crippen molar-refractivity contribution in [3.8, 4) is 0 Å². The maximum absolute atomic E-state index is 12.6. The van der Waals surface area contributed by atoms with Crippen LogP contribution in [0.2, 0.25) is 0 Å². The number of likely N-dealkylation sites (tertiary alicyclic amines) is 1. The van der Waals surface area contributed by atoms with E-state index < -0.39 is 0 Å². The molecule has 1 aromatic rings. The first-order valence-electron chi connectivity index (χ1n) is 6.66. The summed E-state index contributed by atoms with van der Waals surface area (Å²) in [5.41, 5.74) is 4.82. The van der Waals surface area contributed by atoms with E-state index in [1.54, 1.807) is 11.0 Å². The fraction of sp³-hybridized carbons (Fsp3) is 0.500. The molecule has 4 N–H and O–H groups in total. The van der Waals surface area contributed by atoms with E-state index in [-0.39, 0.29) is 18.6 Å². The summed E-state index contributed by atoms with van der Waals surface area (Å²) in [6.07, 6.45) is 2.91. The van der Waals surface area contributed by atoms with Crippen LogP contribution in [0.1, 0.15) is 35.2 Å². The molecule has 1 heterocycles. The topological polar surface area (TPSA) is 78.6 Å². The van der Waals surface area contributed by atoms with Gasteiger partial charge in [0.05, 0.1) is 23.9 Å². The first kappa shape index (κ1) is 13.8. The van der Waals surface area contributed by atoms with Crippen molar-refractivity contribution in [3.05, 3.63) is 29.3 Å². The van der Waals surface area contributed by atoms with Crippen molar-refractivity contribution < 1.29 is 9.90 Å². The molecule has 1 amide bonds. The normalized spacial score (nSPS) is 19.3. The van der Waals surface area contributed by atoms with Crippen molar-refractivity contribution in [1.82, 2.24) is 4.90 Å². The molecule has 19 heavy (non-hydrogen) atoms. The van der Waals surface area contributed by atoms with Crippen molar-refractivity contribution in [3.63, 3.8) is 0 Å². The number of piperidine rings is 1. The Morgan fingerprint density at radius 2 is 2.32 bits per heavy atom. The van der Waals surface area contributed by atoms with Crippen LogP contribution in [0.25, 0.3) is 0 Å². The van der Waals surface area contributed by atoms with E-state index in [1.807, 2.05) is 19.1 Å². The summed E-state index contributed by atoms with van der Waals surface area (Å²) in [7, 11) is 0. The van der Waals surface area contributed by atoms with E-state index in [4.69, 9.17) is 5.84 Å². The summed E-state index contributed by atoms with van der Waals surface area (Å²) in [6.45, 7) is 2.66. The lowest BCUT2D eigenvalue weighted by Gasteiger charge is -2.35. The van der Waals surface area contributed by atoms with Crippen LogP contribution in [-0.2, 0) is 0 Å². The summed E-state index contributed by atoms with van der Waals surface area (Å²) < 4.78 is 0. The van der Waals surface area contributed by atoms with Gasteiger partial charge in [-0.3, -0.25) is 10.6 Å². The lowest BCUT2D eigenvalue weighted by Crippen LogP contribution is -2.45. The third-order valence-electron chi connectivity index (χ3n) is 3.66. The molecule has 1 fully saturated rings. The van der Waals surface area contributed by atoms with Crippen molar-refractivity contribution >= 4 is 11.6 Å². The number of aliphatic hydroxyl groups is 1. The summed E-state index contributed by atoms with van der Waals surface area (Å²) in [5, 5.41) is 9.39. The highest BCUT2D eigenvalue weighted by Crippen LogP contribution is 2.23. The van der Waals surface area contributed by atoms with E-state index in [9.17, 15) is 9.90 Å². The Kier molecular flexibility index (Phi) is 4.39. The number of rotatable bonds is 3. The number of aryl methyl sites for hydroxylation is 1. The van der Waals surface area contributed by atoms with E-state index in [2.05, 4.69) is 5.43 Å². The van der Waals surface area contributed by atoms with Crippen LogP contribution in [0.3, 0.4) is 0 Å². The largest absolute Gasteiger partial charge is 0.394 e. The number of benzene rings is 1. The van der Waals surface area contributed by atoms with Gasteiger partial charge in [-0.15, -0.1) is 0 Å². The average molecular weight is 263 g/mol. The number of carbonyl (C=O) groups is 1. The zero-order chi connectivity index (χ0) is 13.8. The number of hydrazine groups is 1. The third kappa shape index (κ3) is 2.88. The molecule has 1 atom stereocenters. The Hall–Kier alpha value is -1.59. The Morgan fingerprint density at radius 1 is 1.53 bits per heavy atom. The predicted molar refractivity (Wildman–Crippen MR) is 74.8 cm³/mol. The molecule has 1 aromatic carbocycles. The van der Waals surface area contributed by atoms with Crippen molar-refractivity contribution in [2.75, 3.05) is 18.6 Å². The fourth-order valence-electron chi connectivity index (χ4n) is 2.58. The van der Waals surface area contributed by atoms with E-state index in [0.717, 1.165) is 24.8 Å². The summed E-state index contributed by atoms with van der Waals surface area (Å²) >= 11 is 0. The van der Waals surface area contributed by atoms with Gasteiger partial charge in [-0.2, -0.15) is 0 Å². The number of carbonyl (C=O) groups excluding carboxylic acids is 1. The maximum atomic E-state index is 12.6. The lowest BCUT2D eigenvalue weighted by atomic mass is 10.0. The van der Waals surface area contributed by atoms with Gasteiger partial charge in [0, 0.05) is 6.54 Å². The molecule has 0 bridgehead atoms. The monoisotopic (exact) mass is 263 g/mol. The van der Waals surface area contributed by atoms with Crippen LogP contribution in [0.4, 0.5) is 5.69 Å². The summed E-state index contributed by atoms with van der Waals surface area (Å²) in [6, 6.07) is 5.46.